The summed E-state index contributed by atoms with van der Waals surface area (Å²) in [5.41, 5.74) is 2.86. The molecule has 1 aromatic carbocycles. The molecule has 0 N–H and O–H groups in total. The number of amides is 2. The number of hydrogen-bond donors (Lipinski definition) is 0. The molecule has 0 spiro atoms. The van der Waals surface area contributed by atoms with Crippen LogP contribution in [0.25, 0.3) is 0 Å². The number of nitrogens with zero attached hydrogens (tertiary/aromatic N) is 3. The van der Waals surface area contributed by atoms with Crippen molar-refractivity contribution in [3.63, 3.8) is 0 Å². The van der Waals surface area contributed by atoms with E-state index in [-0.39, 0.29) is 22.9 Å². The van der Waals surface area contributed by atoms with Crippen LogP contribution >= 0.6 is 0 Å². The van der Waals surface area contributed by atoms with Crippen LogP contribution in [0.2, 0.25) is 0 Å². The number of hydrogen-bond acceptors (Lipinski definition) is 3. The van der Waals surface area contributed by atoms with Gasteiger partial charge in [0.05, 0.1) is 0 Å². The van der Waals surface area contributed by atoms with Crippen LogP contribution in [0, 0.1) is 5.92 Å². The minimum absolute atomic E-state index is 0.148. The molecule has 1 aromatic heterocycles. The third-order valence-corrected chi connectivity index (χ3v) is 6.47. The third kappa shape index (κ3) is 4.69. The minimum atomic E-state index is -0.267. The number of pyridine rings is 1. The highest BCUT2D eigenvalue weighted by molar-refractivity contribution is 5.95. The second-order valence-corrected chi connectivity index (χ2v) is 8.98. The van der Waals surface area contributed by atoms with Gasteiger partial charge in [0.25, 0.3) is 11.5 Å². The predicted molar refractivity (Wildman–Crippen MR) is 124 cm³/mol. The second kappa shape index (κ2) is 9.55. The smallest absolute Gasteiger partial charge is 0.263 e. The maximum atomic E-state index is 13.3. The lowest BCUT2D eigenvalue weighted by Gasteiger charge is -2.31. The molecule has 2 amide bonds. The van der Waals surface area contributed by atoms with Gasteiger partial charge in [-0.15, -0.1) is 0 Å². The summed E-state index contributed by atoms with van der Waals surface area (Å²) in [6.45, 7) is 1.48. The fourth-order valence-corrected chi connectivity index (χ4v) is 4.65. The van der Waals surface area contributed by atoms with Gasteiger partial charge in [0.2, 0.25) is 5.91 Å². The molecule has 1 aliphatic heterocycles. The lowest BCUT2D eigenvalue weighted by Crippen LogP contribution is -2.41. The molecule has 2 heterocycles. The Labute approximate surface area is 189 Å². The quantitative estimate of drug-likeness (QED) is 0.658. The molecule has 2 aromatic rings. The molecular weight excluding hydrogens is 402 g/mol. The van der Waals surface area contributed by atoms with Crippen LogP contribution in [-0.2, 0) is 30.7 Å². The maximum absolute atomic E-state index is 13.3. The van der Waals surface area contributed by atoms with Gasteiger partial charge in [-0.05, 0) is 48.3 Å². The molecule has 1 atom stereocenters. The van der Waals surface area contributed by atoms with E-state index in [0.717, 1.165) is 29.5 Å². The number of allylic oxidation sites excluding steroid dienone is 2. The maximum Gasteiger partial charge on any atom is 0.263 e. The van der Waals surface area contributed by atoms with Crippen molar-refractivity contribution in [1.29, 1.82) is 0 Å². The Morgan fingerprint density at radius 1 is 1.16 bits per heavy atom. The Balaban J connectivity index is 1.62. The number of aromatic nitrogens is 1. The summed E-state index contributed by atoms with van der Waals surface area (Å²) < 4.78 is 1.65. The lowest BCUT2D eigenvalue weighted by atomic mass is 9.94. The third-order valence-electron chi connectivity index (χ3n) is 6.47. The zero-order valence-electron chi connectivity index (χ0n) is 18.9. The van der Waals surface area contributed by atoms with E-state index in [4.69, 9.17) is 0 Å². The van der Waals surface area contributed by atoms with E-state index < -0.39 is 0 Å². The van der Waals surface area contributed by atoms with Crippen molar-refractivity contribution in [1.82, 2.24) is 14.4 Å². The largest absolute Gasteiger partial charge is 0.345 e. The van der Waals surface area contributed by atoms with Crippen molar-refractivity contribution in [3.05, 3.63) is 81.3 Å². The minimum Gasteiger partial charge on any atom is -0.345 e. The number of carbonyl (C=O) groups is 2. The highest BCUT2D eigenvalue weighted by atomic mass is 16.2. The van der Waals surface area contributed by atoms with E-state index in [1.165, 1.54) is 4.90 Å². The zero-order valence-corrected chi connectivity index (χ0v) is 18.9. The standard InChI is InChI=1S/C26H31N3O3/c1-27(2)25(31)24-22-13-15-28(23(30)16-20-10-6-7-11-20)17-21(22)18-29(26(24)32)14-12-19-8-4-3-5-9-19/h3-6,8-10,18,20H,7,11-17H2,1-2H3. The number of aryl methyl sites for hydroxylation is 2. The molecule has 168 valence electrons. The Morgan fingerprint density at radius 3 is 2.62 bits per heavy atom. The van der Waals surface area contributed by atoms with Gasteiger partial charge in [-0.3, -0.25) is 14.4 Å². The van der Waals surface area contributed by atoms with Crippen LogP contribution in [0.4, 0.5) is 0 Å². The molecule has 0 fully saturated rings. The molecular formula is C26H31N3O3. The average Bonchev–Trinajstić information content (AvgIpc) is 3.30. The van der Waals surface area contributed by atoms with Gasteiger partial charge in [-0.25, -0.2) is 0 Å². The van der Waals surface area contributed by atoms with Crippen molar-refractivity contribution in [3.8, 4) is 0 Å². The van der Waals surface area contributed by atoms with Crippen molar-refractivity contribution in [2.45, 2.75) is 45.2 Å². The average molecular weight is 434 g/mol. The van der Waals surface area contributed by atoms with Crippen LogP contribution in [0.1, 0.15) is 46.3 Å². The fourth-order valence-electron chi connectivity index (χ4n) is 4.65. The summed E-state index contributed by atoms with van der Waals surface area (Å²) in [6.07, 6.45) is 10.0. The van der Waals surface area contributed by atoms with E-state index in [1.807, 2.05) is 41.4 Å². The summed E-state index contributed by atoms with van der Waals surface area (Å²) in [5.74, 6) is 0.209. The zero-order chi connectivity index (χ0) is 22.7. The summed E-state index contributed by atoms with van der Waals surface area (Å²) in [6, 6.07) is 10.00. The summed E-state index contributed by atoms with van der Waals surface area (Å²) in [4.78, 5) is 42.5. The lowest BCUT2D eigenvalue weighted by molar-refractivity contribution is -0.132. The summed E-state index contributed by atoms with van der Waals surface area (Å²) >= 11 is 0. The molecule has 1 unspecified atom stereocenters. The van der Waals surface area contributed by atoms with Crippen molar-refractivity contribution in [2.75, 3.05) is 20.6 Å². The van der Waals surface area contributed by atoms with Crippen molar-refractivity contribution < 1.29 is 9.59 Å². The molecule has 6 heteroatoms. The highest BCUT2D eigenvalue weighted by Crippen LogP contribution is 2.25. The Kier molecular flexibility index (Phi) is 6.58. The first-order chi connectivity index (χ1) is 15.4. The first kappa shape index (κ1) is 22.1. The molecule has 2 aliphatic rings. The molecule has 0 saturated heterocycles. The van der Waals surface area contributed by atoms with Crippen LogP contribution < -0.4 is 5.56 Å². The van der Waals surface area contributed by atoms with Gasteiger partial charge in [-0.2, -0.15) is 0 Å². The van der Waals surface area contributed by atoms with E-state index in [1.54, 1.807) is 18.7 Å². The van der Waals surface area contributed by atoms with Crippen LogP contribution in [0.3, 0.4) is 0 Å². The molecule has 0 saturated carbocycles. The van der Waals surface area contributed by atoms with E-state index in [2.05, 4.69) is 12.2 Å². The van der Waals surface area contributed by atoms with Gasteiger partial charge in [-0.1, -0.05) is 42.5 Å². The van der Waals surface area contributed by atoms with Gasteiger partial charge in [0.15, 0.2) is 0 Å². The number of carbonyl (C=O) groups excluding carboxylic acids is 2. The molecule has 0 bridgehead atoms. The molecule has 6 nitrogen and oxygen atoms in total. The molecule has 4 rings (SSSR count). The van der Waals surface area contributed by atoms with Crippen molar-refractivity contribution in [2.24, 2.45) is 5.92 Å². The van der Waals surface area contributed by atoms with Crippen LogP contribution in [-0.4, -0.2) is 46.8 Å². The summed E-state index contributed by atoms with van der Waals surface area (Å²) in [5, 5.41) is 0. The first-order valence-corrected chi connectivity index (χ1v) is 11.4. The molecule has 1 aliphatic carbocycles. The van der Waals surface area contributed by atoms with Crippen LogP contribution in [0.15, 0.2) is 53.5 Å². The number of rotatable bonds is 6. The number of benzene rings is 1. The van der Waals surface area contributed by atoms with Crippen molar-refractivity contribution >= 4 is 11.8 Å². The normalized spacial score (nSPS) is 17.3. The van der Waals surface area contributed by atoms with Gasteiger partial charge in [0, 0.05) is 46.3 Å². The predicted octanol–water partition coefficient (Wildman–Crippen LogP) is 3.03. The Bertz CT molecular complexity index is 1090. The Hall–Kier alpha value is -3.15. The highest BCUT2D eigenvalue weighted by Gasteiger charge is 2.29. The van der Waals surface area contributed by atoms with Crippen LogP contribution in [0.5, 0.6) is 0 Å². The monoisotopic (exact) mass is 433 g/mol. The number of fused-ring (bicyclic) bond motifs is 1. The molecule has 32 heavy (non-hydrogen) atoms. The summed E-state index contributed by atoms with van der Waals surface area (Å²) in [7, 11) is 3.34. The molecule has 0 radical (unpaired) electrons. The van der Waals surface area contributed by atoms with Gasteiger partial charge in [0.1, 0.15) is 5.56 Å². The Morgan fingerprint density at radius 2 is 1.94 bits per heavy atom. The van der Waals surface area contributed by atoms with Gasteiger partial charge < -0.3 is 14.4 Å². The first-order valence-electron chi connectivity index (χ1n) is 11.4. The van der Waals surface area contributed by atoms with E-state index in [9.17, 15) is 14.4 Å². The van der Waals surface area contributed by atoms with E-state index in [0.29, 0.717) is 44.8 Å². The SMILES string of the molecule is CN(C)C(=O)c1c2c(cn(CCc3ccccc3)c1=O)CN(C(=O)CC1C=CCC1)CC2. The van der Waals surface area contributed by atoms with E-state index >= 15 is 0 Å². The second-order valence-electron chi connectivity index (χ2n) is 8.98. The topological polar surface area (TPSA) is 62.6 Å². The van der Waals surface area contributed by atoms with Gasteiger partial charge >= 0.3 is 0 Å². The fraction of sp³-hybridized carbons (Fsp3) is 0.423.